The number of benzene rings is 2. The van der Waals surface area contributed by atoms with Crippen molar-refractivity contribution in [3.05, 3.63) is 59.7 Å². The molecule has 2 aromatic carbocycles. The number of nitrogens with two attached hydrogens (primary N) is 1. The summed E-state index contributed by atoms with van der Waals surface area (Å²) >= 11 is 0. The van der Waals surface area contributed by atoms with Crippen LogP contribution in [0, 0.1) is 0 Å². The van der Waals surface area contributed by atoms with E-state index in [0.717, 1.165) is 16.9 Å². The SMILES string of the molecule is CC(C)(N)C(=O)N1C[C@@H](c2ccccc2)O[C@@H](c2ccc3c(c2)OCO3)C1.Cl. The zero-order valence-electron chi connectivity index (χ0n) is 16.0. The molecule has 4 rings (SSSR count). The lowest BCUT2D eigenvalue weighted by Crippen LogP contribution is -2.55. The smallest absolute Gasteiger partial charge is 0.242 e. The number of morpholine rings is 1. The number of ether oxygens (including phenoxy) is 3. The molecular weight excluding hydrogens is 380 g/mol. The zero-order chi connectivity index (χ0) is 19.0. The molecule has 6 nitrogen and oxygen atoms in total. The van der Waals surface area contributed by atoms with Gasteiger partial charge in [0.2, 0.25) is 12.7 Å². The minimum atomic E-state index is -0.933. The number of rotatable bonds is 3. The first-order chi connectivity index (χ1) is 12.9. The summed E-state index contributed by atoms with van der Waals surface area (Å²) in [6, 6.07) is 15.7. The first kappa shape index (κ1) is 20.5. The average molecular weight is 405 g/mol. The van der Waals surface area contributed by atoms with E-state index >= 15 is 0 Å². The lowest BCUT2D eigenvalue weighted by Gasteiger charge is -2.40. The van der Waals surface area contributed by atoms with E-state index < -0.39 is 5.54 Å². The highest BCUT2D eigenvalue weighted by atomic mass is 35.5. The van der Waals surface area contributed by atoms with Gasteiger partial charge in [-0.25, -0.2) is 0 Å². The molecule has 2 atom stereocenters. The van der Waals surface area contributed by atoms with Crippen LogP contribution in [0.15, 0.2) is 48.5 Å². The maximum absolute atomic E-state index is 12.9. The largest absolute Gasteiger partial charge is 0.454 e. The molecule has 2 N–H and O–H groups in total. The van der Waals surface area contributed by atoms with Gasteiger partial charge in [-0.1, -0.05) is 36.4 Å². The Labute approximate surface area is 171 Å². The lowest BCUT2D eigenvalue weighted by molar-refractivity contribution is -0.151. The van der Waals surface area contributed by atoms with E-state index in [9.17, 15) is 4.79 Å². The highest BCUT2D eigenvalue weighted by Gasteiger charge is 2.37. The Morgan fingerprint density at radius 2 is 1.64 bits per heavy atom. The highest BCUT2D eigenvalue weighted by Crippen LogP contribution is 2.38. The number of hydrogen-bond donors (Lipinski definition) is 1. The third kappa shape index (κ3) is 4.09. The summed E-state index contributed by atoms with van der Waals surface area (Å²) in [4.78, 5) is 14.7. The van der Waals surface area contributed by atoms with Crippen molar-refractivity contribution in [2.45, 2.75) is 31.6 Å². The van der Waals surface area contributed by atoms with E-state index in [0.29, 0.717) is 18.8 Å². The Kier molecular flexibility index (Phi) is 5.84. The number of hydrogen-bond acceptors (Lipinski definition) is 5. The molecule has 0 bridgehead atoms. The maximum Gasteiger partial charge on any atom is 0.242 e. The van der Waals surface area contributed by atoms with Gasteiger partial charge in [-0.15, -0.1) is 12.4 Å². The molecule has 28 heavy (non-hydrogen) atoms. The molecule has 0 aliphatic carbocycles. The van der Waals surface area contributed by atoms with E-state index in [2.05, 4.69) is 0 Å². The predicted octanol–water partition coefficient (Wildman–Crippen LogP) is 3.22. The topological polar surface area (TPSA) is 74.0 Å². The van der Waals surface area contributed by atoms with Crippen molar-refractivity contribution in [1.82, 2.24) is 4.90 Å². The average Bonchev–Trinajstić information content (AvgIpc) is 3.15. The van der Waals surface area contributed by atoms with Crippen LogP contribution in [-0.4, -0.2) is 36.2 Å². The van der Waals surface area contributed by atoms with E-state index in [1.165, 1.54) is 0 Å². The number of carbonyl (C=O) groups excluding carboxylic acids is 1. The molecule has 0 unspecified atom stereocenters. The van der Waals surface area contributed by atoms with E-state index in [-0.39, 0.29) is 37.3 Å². The maximum atomic E-state index is 12.9. The fourth-order valence-corrected chi connectivity index (χ4v) is 3.48. The van der Waals surface area contributed by atoms with Crippen LogP contribution < -0.4 is 15.2 Å². The van der Waals surface area contributed by atoms with Gasteiger partial charge in [0, 0.05) is 0 Å². The normalized spacial score (nSPS) is 21.2. The molecule has 0 saturated carbocycles. The van der Waals surface area contributed by atoms with Gasteiger partial charge in [-0.2, -0.15) is 0 Å². The van der Waals surface area contributed by atoms with E-state index in [1.807, 2.05) is 48.5 Å². The highest BCUT2D eigenvalue weighted by molar-refractivity contribution is 5.85. The van der Waals surface area contributed by atoms with Crippen LogP contribution in [-0.2, 0) is 9.53 Å². The summed E-state index contributed by atoms with van der Waals surface area (Å²) in [5, 5.41) is 0. The Morgan fingerprint density at radius 3 is 2.32 bits per heavy atom. The standard InChI is InChI=1S/C21H24N2O4.ClH/c1-21(2,22)20(24)23-11-18(14-6-4-3-5-7-14)27-19(12-23)15-8-9-16-17(10-15)26-13-25-16;/h3-10,18-19H,11-13,22H2,1-2H3;1H/t18-,19+;/m0./s1. The minimum absolute atomic E-state index is 0. The molecular formula is C21H25ClN2O4. The molecule has 150 valence electrons. The number of nitrogens with zero attached hydrogens (tertiary/aromatic N) is 1. The summed E-state index contributed by atoms with van der Waals surface area (Å²) < 4.78 is 17.3. The van der Waals surface area contributed by atoms with Gasteiger partial charge in [0.25, 0.3) is 0 Å². The van der Waals surface area contributed by atoms with Crippen LogP contribution in [0.5, 0.6) is 11.5 Å². The molecule has 7 heteroatoms. The second-order valence-electron chi connectivity index (χ2n) is 7.57. The van der Waals surface area contributed by atoms with Gasteiger partial charge < -0.3 is 24.8 Å². The molecule has 2 heterocycles. The van der Waals surface area contributed by atoms with Gasteiger partial charge in [-0.3, -0.25) is 4.79 Å². The lowest BCUT2D eigenvalue weighted by atomic mass is 9.99. The second-order valence-corrected chi connectivity index (χ2v) is 7.57. The Hall–Kier alpha value is -2.28. The van der Waals surface area contributed by atoms with Gasteiger partial charge in [0.05, 0.1) is 18.6 Å². The van der Waals surface area contributed by atoms with Gasteiger partial charge in [-0.05, 0) is 37.1 Å². The van der Waals surface area contributed by atoms with Crippen molar-refractivity contribution in [2.75, 3.05) is 19.9 Å². The molecule has 0 aromatic heterocycles. The quantitative estimate of drug-likeness (QED) is 0.850. The summed E-state index contributed by atoms with van der Waals surface area (Å²) in [5.41, 5.74) is 7.14. The fraction of sp³-hybridized carbons (Fsp3) is 0.381. The minimum Gasteiger partial charge on any atom is -0.454 e. The third-order valence-electron chi connectivity index (χ3n) is 4.88. The monoisotopic (exact) mass is 404 g/mol. The van der Waals surface area contributed by atoms with Crippen LogP contribution in [0.1, 0.15) is 37.2 Å². The first-order valence-electron chi connectivity index (χ1n) is 9.10. The van der Waals surface area contributed by atoms with Crippen LogP contribution in [0.4, 0.5) is 0 Å². The summed E-state index contributed by atoms with van der Waals surface area (Å²) in [6.45, 7) is 4.62. The van der Waals surface area contributed by atoms with Crippen molar-refractivity contribution in [3.63, 3.8) is 0 Å². The Morgan fingerprint density at radius 1 is 1.00 bits per heavy atom. The number of amides is 1. The molecule has 2 aliphatic heterocycles. The van der Waals surface area contributed by atoms with Crippen LogP contribution in [0.25, 0.3) is 0 Å². The molecule has 2 aliphatic rings. The Bertz CT molecular complexity index is 838. The number of carbonyl (C=O) groups is 1. The summed E-state index contributed by atoms with van der Waals surface area (Å²) in [5.74, 6) is 1.35. The van der Waals surface area contributed by atoms with Crippen molar-refractivity contribution in [1.29, 1.82) is 0 Å². The van der Waals surface area contributed by atoms with Crippen molar-refractivity contribution < 1.29 is 19.0 Å². The van der Waals surface area contributed by atoms with Gasteiger partial charge in [0.1, 0.15) is 12.2 Å². The third-order valence-corrected chi connectivity index (χ3v) is 4.88. The first-order valence-corrected chi connectivity index (χ1v) is 9.10. The number of fused-ring (bicyclic) bond motifs is 1. The molecule has 1 amide bonds. The molecule has 0 spiro atoms. The van der Waals surface area contributed by atoms with Crippen LogP contribution >= 0.6 is 12.4 Å². The zero-order valence-corrected chi connectivity index (χ0v) is 16.8. The predicted molar refractivity (Wildman–Crippen MR) is 108 cm³/mol. The van der Waals surface area contributed by atoms with Crippen molar-refractivity contribution in [3.8, 4) is 11.5 Å². The van der Waals surface area contributed by atoms with Crippen LogP contribution in [0.2, 0.25) is 0 Å². The van der Waals surface area contributed by atoms with E-state index in [4.69, 9.17) is 19.9 Å². The molecule has 1 fully saturated rings. The van der Waals surface area contributed by atoms with Gasteiger partial charge >= 0.3 is 0 Å². The molecule has 2 aromatic rings. The summed E-state index contributed by atoms with van der Waals surface area (Å²) in [6.07, 6.45) is -0.494. The number of halogens is 1. The van der Waals surface area contributed by atoms with Crippen LogP contribution in [0.3, 0.4) is 0 Å². The van der Waals surface area contributed by atoms with E-state index in [1.54, 1.807) is 18.7 Å². The molecule has 0 radical (unpaired) electrons. The Balaban J connectivity index is 0.00000225. The molecule has 1 saturated heterocycles. The summed E-state index contributed by atoms with van der Waals surface area (Å²) in [7, 11) is 0. The second kappa shape index (κ2) is 7.99. The van der Waals surface area contributed by atoms with Crippen molar-refractivity contribution >= 4 is 18.3 Å². The fourth-order valence-electron chi connectivity index (χ4n) is 3.48. The van der Waals surface area contributed by atoms with Gasteiger partial charge in [0.15, 0.2) is 11.5 Å². The van der Waals surface area contributed by atoms with Crippen molar-refractivity contribution in [2.24, 2.45) is 5.73 Å².